The Balaban J connectivity index is 1.89. The van der Waals surface area contributed by atoms with Crippen LogP contribution in [0, 0.1) is 0 Å². The number of rotatable bonds is 6. The molecule has 1 amide bonds. The lowest BCUT2D eigenvalue weighted by Crippen LogP contribution is -2.26. The molecule has 0 bridgehead atoms. The number of amides is 1. The SMILES string of the molecule is C[C@@H](NC(=O)c1ccc(COCC(F)(F)F)cc1)c1ccccc1. The maximum Gasteiger partial charge on any atom is 0.411 e. The highest BCUT2D eigenvalue weighted by Gasteiger charge is 2.27. The van der Waals surface area contributed by atoms with Crippen molar-refractivity contribution in [2.45, 2.75) is 25.7 Å². The molecule has 0 spiro atoms. The summed E-state index contributed by atoms with van der Waals surface area (Å²) >= 11 is 0. The normalized spacial score (nSPS) is 12.7. The first-order chi connectivity index (χ1) is 11.3. The van der Waals surface area contributed by atoms with Crippen LogP contribution in [0.3, 0.4) is 0 Å². The van der Waals surface area contributed by atoms with Crippen LogP contribution in [-0.2, 0) is 11.3 Å². The molecule has 2 aromatic rings. The lowest BCUT2D eigenvalue weighted by molar-refractivity contribution is -0.176. The summed E-state index contributed by atoms with van der Waals surface area (Å²) in [6.07, 6.45) is -4.34. The third-order valence-corrected chi connectivity index (χ3v) is 3.40. The van der Waals surface area contributed by atoms with Gasteiger partial charge in [-0.3, -0.25) is 4.79 Å². The molecule has 6 heteroatoms. The second kappa shape index (κ2) is 7.97. The van der Waals surface area contributed by atoms with E-state index in [9.17, 15) is 18.0 Å². The summed E-state index contributed by atoms with van der Waals surface area (Å²) in [5.41, 5.74) is 2.01. The van der Waals surface area contributed by atoms with Crippen molar-refractivity contribution in [2.75, 3.05) is 6.61 Å². The molecule has 0 heterocycles. The maximum atomic E-state index is 12.2. The van der Waals surface area contributed by atoms with Gasteiger partial charge < -0.3 is 10.1 Å². The Bertz CT molecular complexity index is 654. The van der Waals surface area contributed by atoms with Gasteiger partial charge in [-0.05, 0) is 30.2 Å². The van der Waals surface area contributed by atoms with Crippen molar-refractivity contribution >= 4 is 5.91 Å². The molecule has 0 radical (unpaired) electrons. The topological polar surface area (TPSA) is 38.3 Å². The fourth-order valence-electron chi connectivity index (χ4n) is 2.14. The Morgan fingerprint density at radius 1 is 1.08 bits per heavy atom. The molecule has 24 heavy (non-hydrogen) atoms. The van der Waals surface area contributed by atoms with E-state index in [0.29, 0.717) is 11.1 Å². The number of benzene rings is 2. The van der Waals surface area contributed by atoms with Crippen molar-refractivity contribution in [3.63, 3.8) is 0 Å². The molecule has 128 valence electrons. The average Bonchev–Trinajstić information content (AvgIpc) is 2.55. The molecule has 1 N–H and O–H groups in total. The molecule has 0 fully saturated rings. The second-order valence-corrected chi connectivity index (χ2v) is 5.41. The van der Waals surface area contributed by atoms with Gasteiger partial charge in [0.15, 0.2) is 0 Å². The van der Waals surface area contributed by atoms with Crippen molar-refractivity contribution in [2.24, 2.45) is 0 Å². The van der Waals surface area contributed by atoms with Gasteiger partial charge in [0.2, 0.25) is 0 Å². The Morgan fingerprint density at radius 3 is 2.29 bits per heavy atom. The third-order valence-electron chi connectivity index (χ3n) is 3.40. The van der Waals surface area contributed by atoms with Crippen molar-refractivity contribution in [3.8, 4) is 0 Å². The highest BCUT2D eigenvalue weighted by atomic mass is 19.4. The molecule has 0 saturated carbocycles. The summed E-state index contributed by atoms with van der Waals surface area (Å²) in [6.45, 7) is 0.443. The minimum atomic E-state index is -4.34. The fraction of sp³-hybridized carbons (Fsp3) is 0.278. The van der Waals surface area contributed by atoms with Gasteiger partial charge in [-0.2, -0.15) is 13.2 Å². The van der Waals surface area contributed by atoms with Gasteiger partial charge in [-0.1, -0.05) is 42.5 Å². The van der Waals surface area contributed by atoms with Crippen LogP contribution in [0.25, 0.3) is 0 Å². The Hall–Kier alpha value is -2.34. The molecular weight excluding hydrogens is 319 g/mol. The van der Waals surface area contributed by atoms with E-state index in [1.54, 1.807) is 24.3 Å². The molecular formula is C18H18F3NO2. The molecule has 2 aromatic carbocycles. The van der Waals surface area contributed by atoms with Crippen molar-refractivity contribution in [1.82, 2.24) is 5.32 Å². The van der Waals surface area contributed by atoms with Crippen LogP contribution < -0.4 is 5.32 Å². The smallest absolute Gasteiger partial charge is 0.367 e. The molecule has 0 unspecified atom stereocenters. The molecule has 0 aromatic heterocycles. The molecule has 0 saturated heterocycles. The Kier molecular flexibility index (Phi) is 5.98. The van der Waals surface area contributed by atoms with Gasteiger partial charge in [0, 0.05) is 5.56 Å². The summed E-state index contributed by atoms with van der Waals surface area (Å²) in [6, 6.07) is 15.7. The fourth-order valence-corrected chi connectivity index (χ4v) is 2.14. The van der Waals surface area contributed by atoms with E-state index < -0.39 is 12.8 Å². The van der Waals surface area contributed by atoms with E-state index in [-0.39, 0.29) is 18.6 Å². The standard InChI is InChI=1S/C18H18F3NO2/c1-13(15-5-3-2-4-6-15)22-17(23)16-9-7-14(8-10-16)11-24-12-18(19,20)21/h2-10,13H,11-12H2,1H3,(H,22,23)/t13-/m1/s1. The molecule has 1 atom stereocenters. The van der Waals surface area contributed by atoms with Crippen LogP contribution in [0.5, 0.6) is 0 Å². The second-order valence-electron chi connectivity index (χ2n) is 5.41. The number of ether oxygens (including phenoxy) is 1. The van der Waals surface area contributed by atoms with E-state index in [1.165, 1.54) is 0 Å². The predicted molar refractivity (Wildman–Crippen MR) is 84.5 cm³/mol. The summed E-state index contributed by atoms with van der Waals surface area (Å²) < 4.78 is 40.6. The number of alkyl halides is 3. The van der Waals surface area contributed by atoms with Gasteiger partial charge in [0.05, 0.1) is 12.6 Å². The summed E-state index contributed by atoms with van der Waals surface area (Å²) in [7, 11) is 0. The Labute approximate surface area is 138 Å². The summed E-state index contributed by atoms with van der Waals surface area (Å²) in [5.74, 6) is -0.242. The maximum absolute atomic E-state index is 12.2. The van der Waals surface area contributed by atoms with E-state index >= 15 is 0 Å². The first-order valence-electron chi connectivity index (χ1n) is 7.44. The van der Waals surface area contributed by atoms with Gasteiger partial charge in [0.25, 0.3) is 5.91 Å². The minimum Gasteiger partial charge on any atom is -0.367 e. The first kappa shape index (κ1) is 18.0. The first-order valence-corrected chi connectivity index (χ1v) is 7.44. The molecule has 0 aliphatic heterocycles. The minimum absolute atomic E-state index is 0.145. The highest BCUT2D eigenvalue weighted by Crippen LogP contribution is 2.16. The zero-order valence-electron chi connectivity index (χ0n) is 13.1. The van der Waals surface area contributed by atoms with Crippen LogP contribution in [0.15, 0.2) is 54.6 Å². The zero-order valence-corrected chi connectivity index (χ0v) is 13.1. The van der Waals surface area contributed by atoms with E-state index in [1.807, 2.05) is 37.3 Å². The number of halogens is 3. The van der Waals surface area contributed by atoms with Crippen molar-refractivity contribution in [1.29, 1.82) is 0 Å². The highest BCUT2D eigenvalue weighted by molar-refractivity contribution is 5.94. The Morgan fingerprint density at radius 2 is 1.71 bits per heavy atom. The van der Waals surface area contributed by atoms with Crippen LogP contribution in [0.1, 0.15) is 34.5 Å². The number of carbonyl (C=O) groups excluding carboxylic acids is 1. The lowest BCUT2D eigenvalue weighted by atomic mass is 10.1. The van der Waals surface area contributed by atoms with Crippen molar-refractivity contribution < 1.29 is 22.7 Å². The average molecular weight is 337 g/mol. The number of hydrogen-bond donors (Lipinski definition) is 1. The quantitative estimate of drug-likeness (QED) is 0.855. The number of hydrogen-bond acceptors (Lipinski definition) is 2. The third kappa shape index (κ3) is 5.70. The van der Waals surface area contributed by atoms with Crippen LogP contribution >= 0.6 is 0 Å². The van der Waals surface area contributed by atoms with E-state index in [4.69, 9.17) is 0 Å². The monoisotopic (exact) mass is 337 g/mol. The molecule has 2 rings (SSSR count). The van der Waals surface area contributed by atoms with Gasteiger partial charge >= 0.3 is 6.18 Å². The largest absolute Gasteiger partial charge is 0.411 e. The number of carbonyl (C=O) groups is 1. The molecule has 3 nitrogen and oxygen atoms in total. The summed E-state index contributed by atoms with van der Waals surface area (Å²) in [4.78, 5) is 12.2. The summed E-state index contributed by atoms with van der Waals surface area (Å²) in [5, 5.41) is 2.88. The van der Waals surface area contributed by atoms with E-state index in [2.05, 4.69) is 10.1 Å². The number of nitrogens with one attached hydrogen (secondary N) is 1. The lowest BCUT2D eigenvalue weighted by Gasteiger charge is -2.14. The van der Waals surface area contributed by atoms with Gasteiger partial charge in [-0.25, -0.2) is 0 Å². The van der Waals surface area contributed by atoms with Crippen molar-refractivity contribution in [3.05, 3.63) is 71.3 Å². The zero-order chi connectivity index (χ0) is 17.6. The molecule has 0 aliphatic carbocycles. The van der Waals surface area contributed by atoms with Gasteiger partial charge in [0.1, 0.15) is 6.61 Å². The van der Waals surface area contributed by atoms with Gasteiger partial charge in [-0.15, -0.1) is 0 Å². The molecule has 0 aliphatic rings. The van der Waals surface area contributed by atoms with Crippen LogP contribution in [-0.4, -0.2) is 18.7 Å². The van der Waals surface area contributed by atoms with Crippen LogP contribution in [0.2, 0.25) is 0 Å². The van der Waals surface area contributed by atoms with E-state index in [0.717, 1.165) is 5.56 Å². The predicted octanol–water partition coefficient (Wildman–Crippen LogP) is 4.26. The van der Waals surface area contributed by atoms with Crippen LogP contribution in [0.4, 0.5) is 13.2 Å².